The zero-order chi connectivity index (χ0) is 12.1. The molecule has 0 bridgehead atoms. The molecule has 0 aliphatic rings. The fourth-order valence-electron chi connectivity index (χ4n) is 1.84. The third kappa shape index (κ3) is 4.67. The third-order valence-corrected chi connectivity index (χ3v) is 3.17. The maximum atomic E-state index is 10.1. The summed E-state index contributed by atoms with van der Waals surface area (Å²) in [5.74, 6) is 0.719. The van der Waals surface area contributed by atoms with Crippen LogP contribution in [0.2, 0.25) is 0 Å². The molecule has 1 unspecified atom stereocenters. The van der Waals surface area contributed by atoms with Crippen molar-refractivity contribution in [3.8, 4) is 0 Å². The molecule has 0 saturated heterocycles. The minimum absolute atomic E-state index is 0.324. The maximum absolute atomic E-state index is 10.1. The first-order chi connectivity index (χ1) is 7.49. The lowest BCUT2D eigenvalue weighted by Crippen LogP contribution is -1.99. The van der Waals surface area contributed by atoms with Gasteiger partial charge in [0.25, 0.3) is 0 Å². The lowest BCUT2D eigenvalue weighted by atomic mass is 9.99. The predicted octanol–water partition coefficient (Wildman–Crippen LogP) is 4.62. The fraction of sp³-hybridized carbons (Fsp3) is 0.571. The van der Waals surface area contributed by atoms with E-state index in [0.717, 1.165) is 28.8 Å². The van der Waals surface area contributed by atoms with Crippen molar-refractivity contribution in [2.24, 2.45) is 5.92 Å². The molecule has 0 heterocycles. The number of aliphatic hydroxyl groups excluding tert-OH is 1. The van der Waals surface area contributed by atoms with Gasteiger partial charge in [-0.1, -0.05) is 48.7 Å². The summed E-state index contributed by atoms with van der Waals surface area (Å²) in [5, 5.41) is 10.1. The Morgan fingerprint density at radius 2 is 1.88 bits per heavy atom. The van der Waals surface area contributed by atoms with E-state index < -0.39 is 0 Å². The Bertz CT molecular complexity index is 313. The molecule has 0 aliphatic heterocycles. The van der Waals surface area contributed by atoms with Crippen molar-refractivity contribution in [1.82, 2.24) is 0 Å². The van der Waals surface area contributed by atoms with E-state index in [-0.39, 0.29) is 6.10 Å². The van der Waals surface area contributed by atoms with Gasteiger partial charge < -0.3 is 5.11 Å². The summed E-state index contributed by atoms with van der Waals surface area (Å²) < 4.78 is 1.05. The molecule has 0 spiro atoms. The zero-order valence-electron chi connectivity index (χ0n) is 10.3. The molecular formula is C14H21BrO. The first-order valence-electron chi connectivity index (χ1n) is 5.94. The molecule has 1 N–H and O–H groups in total. The maximum Gasteiger partial charge on any atom is 0.0790 e. The first kappa shape index (κ1) is 13.7. The second kappa shape index (κ2) is 6.41. The quantitative estimate of drug-likeness (QED) is 0.837. The summed E-state index contributed by atoms with van der Waals surface area (Å²) in [6, 6.07) is 6.13. The largest absolute Gasteiger partial charge is 0.388 e. The Kier molecular flexibility index (Phi) is 5.50. The number of aryl methyl sites for hydroxylation is 1. The van der Waals surface area contributed by atoms with Crippen LogP contribution < -0.4 is 0 Å². The number of benzene rings is 1. The summed E-state index contributed by atoms with van der Waals surface area (Å²) in [7, 11) is 0. The van der Waals surface area contributed by atoms with Gasteiger partial charge in [-0.2, -0.15) is 0 Å². The molecule has 16 heavy (non-hydrogen) atoms. The second-order valence-corrected chi connectivity index (χ2v) is 5.82. The standard InChI is InChI=1S/C14H21BrO/c1-10(2)5-4-6-14(16)12-7-11(3)8-13(15)9-12/h7-10,14,16H,4-6H2,1-3H3. The predicted molar refractivity (Wildman–Crippen MR) is 72.5 cm³/mol. The lowest BCUT2D eigenvalue weighted by molar-refractivity contribution is 0.162. The summed E-state index contributed by atoms with van der Waals surface area (Å²) in [6.07, 6.45) is 2.80. The Hall–Kier alpha value is -0.340. The van der Waals surface area contributed by atoms with Crippen molar-refractivity contribution in [3.05, 3.63) is 33.8 Å². The number of halogens is 1. The van der Waals surface area contributed by atoms with Crippen LogP contribution >= 0.6 is 15.9 Å². The van der Waals surface area contributed by atoms with E-state index >= 15 is 0 Å². The van der Waals surface area contributed by atoms with Crippen molar-refractivity contribution in [3.63, 3.8) is 0 Å². The van der Waals surface area contributed by atoms with Crippen LogP contribution in [0.5, 0.6) is 0 Å². The van der Waals surface area contributed by atoms with Crippen LogP contribution in [0.4, 0.5) is 0 Å². The van der Waals surface area contributed by atoms with Crippen LogP contribution in [0.3, 0.4) is 0 Å². The molecule has 0 aliphatic carbocycles. The van der Waals surface area contributed by atoms with Crippen molar-refractivity contribution in [2.75, 3.05) is 0 Å². The van der Waals surface area contributed by atoms with Gasteiger partial charge >= 0.3 is 0 Å². The average molecular weight is 285 g/mol. The molecule has 0 amide bonds. The highest BCUT2D eigenvalue weighted by atomic mass is 79.9. The molecule has 1 atom stereocenters. The van der Waals surface area contributed by atoms with E-state index in [1.165, 1.54) is 12.0 Å². The number of rotatable bonds is 5. The minimum Gasteiger partial charge on any atom is -0.388 e. The van der Waals surface area contributed by atoms with Gasteiger partial charge in [0, 0.05) is 4.47 Å². The normalized spacial score (nSPS) is 13.1. The number of hydrogen-bond donors (Lipinski definition) is 1. The Balaban J connectivity index is 2.55. The minimum atomic E-state index is -0.324. The smallest absolute Gasteiger partial charge is 0.0790 e. The zero-order valence-corrected chi connectivity index (χ0v) is 11.9. The molecule has 1 rings (SSSR count). The van der Waals surface area contributed by atoms with Gasteiger partial charge in [0.2, 0.25) is 0 Å². The molecule has 1 aromatic carbocycles. The van der Waals surface area contributed by atoms with E-state index in [4.69, 9.17) is 0 Å². The summed E-state index contributed by atoms with van der Waals surface area (Å²) >= 11 is 3.46. The van der Waals surface area contributed by atoms with E-state index in [2.05, 4.69) is 48.8 Å². The van der Waals surface area contributed by atoms with Crippen LogP contribution in [0.25, 0.3) is 0 Å². The summed E-state index contributed by atoms with van der Waals surface area (Å²) in [5.41, 5.74) is 2.21. The highest BCUT2D eigenvalue weighted by molar-refractivity contribution is 9.10. The monoisotopic (exact) mass is 284 g/mol. The summed E-state index contributed by atoms with van der Waals surface area (Å²) in [4.78, 5) is 0. The average Bonchev–Trinajstić information content (AvgIpc) is 2.15. The fourth-order valence-corrected chi connectivity index (χ4v) is 2.47. The topological polar surface area (TPSA) is 20.2 Å². The van der Waals surface area contributed by atoms with Crippen molar-refractivity contribution in [2.45, 2.75) is 46.1 Å². The van der Waals surface area contributed by atoms with Crippen molar-refractivity contribution in [1.29, 1.82) is 0 Å². The molecular weight excluding hydrogens is 264 g/mol. The second-order valence-electron chi connectivity index (χ2n) is 4.90. The van der Waals surface area contributed by atoms with Gasteiger partial charge in [-0.05, 0) is 42.5 Å². The van der Waals surface area contributed by atoms with Gasteiger partial charge in [0.05, 0.1) is 6.10 Å². The Labute approximate surface area is 107 Å². The van der Waals surface area contributed by atoms with Crippen molar-refractivity contribution >= 4 is 15.9 Å². The third-order valence-electron chi connectivity index (χ3n) is 2.71. The van der Waals surface area contributed by atoms with E-state index in [1.807, 2.05) is 6.07 Å². The van der Waals surface area contributed by atoms with E-state index in [0.29, 0.717) is 0 Å². The van der Waals surface area contributed by atoms with E-state index in [1.54, 1.807) is 0 Å². The Morgan fingerprint density at radius 1 is 1.19 bits per heavy atom. The number of aliphatic hydroxyl groups is 1. The molecule has 90 valence electrons. The summed E-state index contributed by atoms with van der Waals surface area (Å²) in [6.45, 7) is 6.49. The van der Waals surface area contributed by atoms with E-state index in [9.17, 15) is 5.11 Å². The van der Waals surface area contributed by atoms with Gasteiger partial charge in [-0.25, -0.2) is 0 Å². The Morgan fingerprint density at radius 3 is 2.44 bits per heavy atom. The number of hydrogen-bond acceptors (Lipinski definition) is 1. The van der Waals surface area contributed by atoms with Crippen LogP contribution in [0.1, 0.15) is 50.3 Å². The molecule has 0 aromatic heterocycles. The van der Waals surface area contributed by atoms with Crippen LogP contribution in [-0.2, 0) is 0 Å². The molecule has 2 heteroatoms. The van der Waals surface area contributed by atoms with Crippen LogP contribution in [0.15, 0.2) is 22.7 Å². The molecule has 0 fully saturated rings. The van der Waals surface area contributed by atoms with Crippen LogP contribution in [0, 0.1) is 12.8 Å². The molecule has 1 aromatic rings. The van der Waals surface area contributed by atoms with Gasteiger partial charge in [-0.15, -0.1) is 0 Å². The van der Waals surface area contributed by atoms with Gasteiger partial charge in [-0.3, -0.25) is 0 Å². The van der Waals surface area contributed by atoms with Gasteiger partial charge in [0.1, 0.15) is 0 Å². The van der Waals surface area contributed by atoms with Gasteiger partial charge in [0.15, 0.2) is 0 Å². The molecule has 0 radical (unpaired) electrons. The highest BCUT2D eigenvalue weighted by Crippen LogP contribution is 2.24. The molecule has 0 saturated carbocycles. The van der Waals surface area contributed by atoms with Crippen molar-refractivity contribution < 1.29 is 5.11 Å². The van der Waals surface area contributed by atoms with Crippen LogP contribution in [-0.4, -0.2) is 5.11 Å². The lowest BCUT2D eigenvalue weighted by Gasteiger charge is -2.13. The SMILES string of the molecule is Cc1cc(Br)cc(C(O)CCCC(C)C)c1. The molecule has 1 nitrogen and oxygen atoms in total. The first-order valence-corrected chi connectivity index (χ1v) is 6.73. The highest BCUT2D eigenvalue weighted by Gasteiger charge is 2.08.